The molecule has 0 aromatic carbocycles. The SMILES string of the molecule is CCC1CN(CCS(=O)CC)C(C)CN1. The molecular formula is C11H24N2OS. The summed E-state index contributed by atoms with van der Waals surface area (Å²) in [4.78, 5) is 2.47. The standard InChI is InChI=1S/C11H24N2OS/c1-4-11-9-13(10(3)8-12-11)6-7-15(14)5-2/h10-12H,4-9H2,1-3H3. The van der Waals surface area contributed by atoms with E-state index in [0.717, 1.165) is 31.1 Å². The minimum Gasteiger partial charge on any atom is -0.311 e. The first-order chi connectivity index (χ1) is 7.17. The maximum absolute atomic E-state index is 11.4. The molecular weight excluding hydrogens is 208 g/mol. The molecule has 15 heavy (non-hydrogen) atoms. The first-order valence-electron chi connectivity index (χ1n) is 5.99. The third-order valence-electron chi connectivity index (χ3n) is 3.20. The van der Waals surface area contributed by atoms with Crippen molar-refractivity contribution in [1.29, 1.82) is 0 Å². The monoisotopic (exact) mass is 232 g/mol. The molecule has 3 atom stereocenters. The Bertz CT molecular complexity index is 211. The fraction of sp³-hybridized carbons (Fsp3) is 1.00. The van der Waals surface area contributed by atoms with Crippen molar-refractivity contribution in [3.05, 3.63) is 0 Å². The molecule has 1 heterocycles. The summed E-state index contributed by atoms with van der Waals surface area (Å²) in [5.41, 5.74) is 0. The molecule has 1 saturated heterocycles. The zero-order valence-electron chi connectivity index (χ0n) is 10.2. The van der Waals surface area contributed by atoms with Crippen LogP contribution in [0.5, 0.6) is 0 Å². The number of nitrogens with zero attached hydrogens (tertiary/aromatic N) is 1. The molecule has 3 unspecified atom stereocenters. The second-order valence-electron chi connectivity index (χ2n) is 4.29. The van der Waals surface area contributed by atoms with E-state index in [1.54, 1.807) is 0 Å². The van der Waals surface area contributed by atoms with Gasteiger partial charge in [0, 0.05) is 54.0 Å². The van der Waals surface area contributed by atoms with Gasteiger partial charge in [-0.2, -0.15) is 0 Å². The fourth-order valence-electron chi connectivity index (χ4n) is 1.94. The van der Waals surface area contributed by atoms with E-state index in [9.17, 15) is 4.21 Å². The summed E-state index contributed by atoms with van der Waals surface area (Å²) in [5, 5.41) is 3.53. The Labute approximate surface area is 96.1 Å². The smallest absolute Gasteiger partial charge is 0.0362 e. The van der Waals surface area contributed by atoms with Crippen molar-refractivity contribution >= 4 is 10.8 Å². The second kappa shape index (κ2) is 6.61. The van der Waals surface area contributed by atoms with Gasteiger partial charge in [-0.1, -0.05) is 13.8 Å². The Hall–Kier alpha value is 0.0700. The van der Waals surface area contributed by atoms with E-state index in [2.05, 4.69) is 24.1 Å². The number of rotatable bonds is 5. The van der Waals surface area contributed by atoms with E-state index < -0.39 is 10.8 Å². The summed E-state index contributed by atoms with van der Waals surface area (Å²) in [6, 6.07) is 1.21. The Morgan fingerprint density at radius 3 is 2.80 bits per heavy atom. The highest BCUT2D eigenvalue weighted by Crippen LogP contribution is 2.08. The van der Waals surface area contributed by atoms with E-state index in [1.165, 1.54) is 6.42 Å². The van der Waals surface area contributed by atoms with Gasteiger partial charge in [-0.25, -0.2) is 0 Å². The molecule has 3 nitrogen and oxygen atoms in total. The molecule has 1 fully saturated rings. The van der Waals surface area contributed by atoms with Crippen LogP contribution in [0.25, 0.3) is 0 Å². The van der Waals surface area contributed by atoms with Crippen molar-refractivity contribution in [2.24, 2.45) is 0 Å². The van der Waals surface area contributed by atoms with Gasteiger partial charge in [0.05, 0.1) is 0 Å². The van der Waals surface area contributed by atoms with Crippen molar-refractivity contribution in [1.82, 2.24) is 10.2 Å². The summed E-state index contributed by atoms with van der Waals surface area (Å²) >= 11 is 0. The molecule has 90 valence electrons. The predicted octanol–water partition coefficient (Wildman–Crippen LogP) is 0.827. The van der Waals surface area contributed by atoms with Gasteiger partial charge in [0.15, 0.2) is 0 Å². The highest BCUT2D eigenvalue weighted by atomic mass is 32.2. The quantitative estimate of drug-likeness (QED) is 0.762. The molecule has 0 aromatic rings. The minimum absolute atomic E-state index is 0.585. The van der Waals surface area contributed by atoms with Crippen LogP contribution in [0, 0.1) is 0 Å². The average Bonchev–Trinajstić information content (AvgIpc) is 2.27. The highest BCUT2D eigenvalue weighted by molar-refractivity contribution is 7.84. The van der Waals surface area contributed by atoms with E-state index >= 15 is 0 Å². The molecule has 0 bridgehead atoms. The van der Waals surface area contributed by atoms with Crippen LogP contribution >= 0.6 is 0 Å². The molecule has 1 rings (SSSR count). The van der Waals surface area contributed by atoms with Gasteiger partial charge in [0.1, 0.15) is 0 Å². The van der Waals surface area contributed by atoms with E-state index in [1.807, 2.05) is 6.92 Å². The van der Waals surface area contributed by atoms with Crippen molar-refractivity contribution in [2.45, 2.75) is 39.3 Å². The Morgan fingerprint density at radius 1 is 1.47 bits per heavy atom. The van der Waals surface area contributed by atoms with E-state index in [-0.39, 0.29) is 0 Å². The first-order valence-corrected chi connectivity index (χ1v) is 7.48. The molecule has 0 aliphatic carbocycles. The van der Waals surface area contributed by atoms with Crippen LogP contribution in [-0.2, 0) is 10.8 Å². The van der Waals surface area contributed by atoms with Crippen molar-refractivity contribution in [2.75, 3.05) is 31.1 Å². The van der Waals surface area contributed by atoms with Crippen molar-refractivity contribution in [3.8, 4) is 0 Å². The Balaban J connectivity index is 2.34. The van der Waals surface area contributed by atoms with Crippen LogP contribution in [0.4, 0.5) is 0 Å². The lowest BCUT2D eigenvalue weighted by molar-refractivity contribution is 0.147. The normalized spacial score (nSPS) is 30.3. The van der Waals surface area contributed by atoms with Crippen LogP contribution in [-0.4, -0.2) is 52.3 Å². The predicted molar refractivity (Wildman–Crippen MR) is 66.7 cm³/mol. The van der Waals surface area contributed by atoms with Gasteiger partial charge in [-0.05, 0) is 13.3 Å². The molecule has 4 heteroatoms. The summed E-state index contributed by atoms with van der Waals surface area (Å²) < 4.78 is 11.4. The molecule has 0 aromatic heterocycles. The third-order valence-corrected chi connectivity index (χ3v) is 4.48. The fourth-order valence-corrected chi connectivity index (χ4v) is 2.67. The average molecular weight is 232 g/mol. The zero-order valence-corrected chi connectivity index (χ0v) is 11.0. The summed E-state index contributed by atoms with van der Waals surface area (Å²) in [6.45, 7) is 9.62. The van der Waals surface area contributed by atoms with Crippen LogP contribution in [0.3, 0.4) is 0 Å². The van der Waals surface area contributed by atoms with Gasteiger partial charge in [-0.3, -0.25) is 9.11 Å². The Morgan fingerprint density at radius 2 is 2.20 bits per heavy atom. The van der Waals surface area contributed by atoms with Gasteiger partial charge in [0.2, 0.25) is 0 Å². The molecule has 1 aliphatic rings. The van der Waals surface area contributed by atoms with Gasteiger partial charge >= 0.3 is 0 Å². The lowest BCUT2D eigenvalue weighted by Gasteiger charge is -2.38. The maximum atomic E-state index is 11.4. The Kier molecular flexibility index (Phi) is 5.79. The first kappa shape index (κ1) is 13.1. The topological polar surface area (TPSA) is 32.3 Å². The summed E-state index contributed by atoms with van der Waals surface area (Å²) in [6.07, 6.45) is 1.18. The van der Waals surface area contributed by atoms with Crippen LogP contribution in [0.2, 0.25) is 0 Å². The zero-order chi connectivity index (χ0) is 11.3. The third kappa shape index (κ3) is 4.21. The summed E-state index contributed by atoms with van der Waals surface area (Å²) in [5.74, 6) is 1.62. The molecule has 0 radical (unpaired) electrons. The molecule has 0 amide bonds. The van der Waals surface area contributed by atoms with Gasteiger partial charge < -0.3 is 5.32 Å². The highest BCUT2D eigenvalue weighted by Gasteiger charge is 2.23. The van der Waals surface area contributed by atoms with Crippen LogP contribution in [0.15, 0.2) is 0 Å². The van der Waals surface area contributed by atoms with Gasteiger partial charge in [-0.15, -0.1) is 0 Å². The molecule has 0 saturated carbocycles. The largest absolute Gasteiger partial charge is 0.311 e. The molecule has 0 spiro atoms. The lowest BCUT2D eigenvalue weighted by atomic mass is 10.1. The number of hydrogen-bond donors (Lipinski definition) is 1. The minimum atomic E-state index is -0.619. The van der Waals surface area contributed by atoms with E-state index in [4.69, 9.17) is 0 Å². The summed E-state index contributed by atoms with van der Waals surface area (Å²) in [7, 11) is -0.619. The van der Waals surface area contributed by atoms with E-state index in [0.29, 0.717) is 12.1 Å². The number of nitrogens with one attached hydrogen (secondary N) is 1. The number of hydrogen-bond acceptors (Lipinski definition) is 3. The van der Waals surface area contributed by atoms with Crippen LogP contribution < -0.4 is 5.32 Å². The lowest BCUT2D eigenvalue weighted by Crippen LogP contribution is -2.55. The molecule has 1 N–H and O–H groups in total. The second-order valence-corrected chi connectivity index (χ2v) is 6.16. The van der Waals surface area contributed by atoms with Crippen LogP contribution in [0.1, 0.15) is 27.2 Å². The van der Waals surface area contributed by atoms with Crippen molar-refractivity contribution in [3.63, 3.8) is 0 Å². The van der Waals surface area contributed by atoms with Crippen molar-refractivity contribution < 1.29 is 4.21 Å². The van der Waals surface area contributed by atoms with Gasteiger partial charge in [0.25, 0.3) is 0 Å². The number of piperazine rings is 1. The molecule has 1 aliphatic heterocycles. The maximum Gasteiger partial charge on any atom is 0.0362 e.